The van der Waals surface area contributed by atoms with Crippen molar-refractivity contribution in [2.24, 2.45) is 5.73 Å². The molecule has 2 atom stereocenters. The van der Waals surface area contributed by atoms with E-state index in [1.165, 1.54) is 0 Å². The van der Waals surface area contributed by atoms with Crippen LogP contribution in [0.25, 0.3) is 0 Å². The number of ether oxygens (including phenoxy) is 1. The van der Waals surface area contributed by atoms with Gasteiger partial charge in [-0.2, -0.15) is 0 Å². The summed E-state index contributed by atoms with van der Waals surface area (Å²) in [4.78, 5) is 4.26. The van der Waals surface area contributed by atoms with Gasteiger partial charge in [-0.3, -0.25) is 4.98 Å². The molecular formula is C9H11BrN2O. The lowest BCUT2D eigenvalue weighted by molar-refractivity contribution is 0.102. The highest BCUT2D eigenvalue weighted by Gasteiger charge is 2.27. The maximum atomic E-state index is 5.87. The van der Waals surface area contributed by atoms with Crippen LogP contribution in [0.1, 0.15) is 18.2 Å². The van der Waals surface area contributed by atoms with Crippen molar-refractivity contribution in [2.45, 2.75) is 18.6 Å². The Kier molecular flexibility index (Phi) is 2.62. The second kappa shape index (κ2) is 3.74. The van der Waals surface area contributed by atoms with Crippen molar-refractivity contribution in [1.82, 2.24) is 4.98 Å². The van der Waals surface area contributed by atoms with Gasteiger partial charge in [0.25, 0.3) is 0 Å². The Morgan fingerprint density at radius 2 is 2.38 bits per heavy atom. The van der Waals surface area contributed by atoms with Gasteiger partial charge >= 0.3 is 0 Å². The lowest BCUT2D eigenvalue weighted by Crippen LogP contribution is -2.24. The Bertz CT molecular complexity index is 288. The van der Waals surface area contributed by atoms with Gasteiger partial charge in [0.05, 0.1) is 5.69 Å². The lowest BCUT2D eigenvalue weighted by atomic mass is 10.1. The van der Waals surface area contributed by atoms with E-state index in [2.05, 4.69) is 20.9 Å². The first-order valence-corrected chi connectivity index (χ1v) is 5.05. The fraction of sp³-hybridized carbons (Fsp3) is 0.444. The third-order valence-corrected chi connectivity index (χ3v) is 2.65. The SMILES string of the molecule is NC1CCOC1c1ccc(Br)cn1. The molecule has 0 spiro atoms. The molecule has 1 aliphatic heterocycles. The molecule has 0 bridgehead atoms. The van der Waals surface area contributed by atoms with Gasteiger partial charge in [-0.1, -0.05) is 0 Å². The predicted octanol–water partition coefficient (Wildman–Crippen LogP) is 1.63. The Morgan fingerprint density at radius 1 is 1.54 bits per heavy atom. The largest absolute Gasteiger partial charge is 0.370 e. The molecule has 2 N–H and O–H groups in total. The summed E-state index contributed by atoms with van der Waals surface area (Å²) in [5.74, 6) is 0. The summed E-state index contributed by atoms with van der Waals surface area (Å²) in [5, 5.41) is 0. The Labute approximate surface area is 85.4 Å². The van der Waals surface area contributed by atoms with E-state index in [1.54, 1.807) is 6.20 Å². The molecule has 1 fully saturated rings. The van der Waals surface area contributed by atoms with Gasteiger partial charge in [0.1, 0.15) is 6.10 Å². The summed E-state index contributed by atoms with van der Waals surface area (Å²) < 4.78 is 6.46. The second-order valence-corrected chi connectivity index (χ2v) is 4.06. The highest BCUT2D eigenvalue weighted by molar-refractivity contribution is 9.10. The standard InChI is InChI=1S/C9H11BrN2O/c10-6-1-2-8(12-5-6)9-7(11)3-4-13-9/h1-2,5,7,9H,3-4,11H2. The Morgan fingerprint density at radius 3 is 2.92 bits per heavy atom. The minimum Gasteiger partial charge on any atom is -0.370 e. The van der Waals surface area contributed by atoms with Crippen LogP contribution in [-0.2, 0) is 4.74 Å². The highest BCUT2D eigenvalue weighted by Crippen LogP contribution is 2.26. The van der Waals surface area contributed by atoms with Crippen LogP contribution in [-0.4, -0.2) is 17.6 Å². The first-order valence-electron chi connectivity index (χ1n) is 4.26. The van der Waals surface area contributed by atoms with E-state index in [0.717, 1.165) is 23.2 Å². The van der Waals surface area contributed by atoms with Crippen LogP contribution in [0.15, 0.2) is 22.8 Å². The fourth-order valence-electron chi connectivity index (χ4n) is 1.47. The number of hydrogen-bond acceptors (Lipinski definition) is 3. The molecule has 0 aliphatic carbocycles. The summed E-state index contributed by atoms with van der Waals surface area (Å²) in [6.45, 7) is 0.740. The monoisotopic (exact) mass is 242 g/mol. The van der Waals surface area contributed by atoms with Crippen LogP contribution in [0.3, 0.4) is 0 Å². The van der Waals surface area contributed by atoms with E-state index >= 15 is 0 Å². The van der Waals surface area contributed by atoms with E-state index in [-0.39, 0.29) is 12.1 Å². The molecule has 0 aromatic carbocycles. The van der Waals surface area contributed by atoms with E-state index in [9.17, 15) is 0 Å². The Hall–Kier alpha value is -0.450. The van der Waals surface area contributed by atoms with Crippen molar-refractivity contribution in [2.75, 3.05) is 6.61 Å². The minimum atomic E-state index is -0.0203. The molecule has 0 radical (unpaired) electrons. The summed E-state index contributed by atoms with van der Waals surface area (Å²) in [6.07, 6.45) is 2.67. The average Bonchev–Trinajstić information content (AvgIpc) is 2.53. The zero-order chi connectivity index (χ0) is 9.26. The van der Waals surface area contributed by atoms with Gasteiger partial charge in [0.15, 0.2) is 0 Å². The molecule has 0 saturated carbocycles. The van der Waals surface area contributed by atoms with Crippen LogP contribution < -0.4 is 5.73 Å². The van der Waals surface area contributed by atoms with E-state index in [0.29, 0.717) is 0 Å². The van der Waals surface area contributed by atoms with Gasteiger partial charge in [0.2, 0.25) is 0 Å². The molecule has 3 nitrogen and oxygen atoms in total. The van der Waals surface area contributed by atoms with Crippen LogP contribution in [0.5, 0.6) is 0 Å². The van der Waals surface area contributed by atoms with Crippen LogP contribution in [0, 0.1) is 0 Å². The molecule has 1 aromatic rings. The lowest BCUT2D eigenvalue weighted by Gasteiger charge is -2.13. The smallest absolute Gasteiger partial charge is 0.114 e. The molecular weight excluding hydrogens is 232 g/mol. The van der Waals surface area contributed by atoms with E-state index < -0.39 is 0 Å². The summed E-state index contributed by atoms with van der Waals surface area (Å²) in [6, 6.07) is 3.99. The summed E-state index contributed by atoms with van der Waals surface area (Å²) in [7, 11) is 0. The third-order valence-electron chi connectivity index (χ3n) is 2.18. The van der Waals surface area contributed by atoms with E-state index in [4.69, 9.17) is 10.5 Å². The molecule has 2 unspecified atom stereocenters. The molecule has 2 heterocycles. The van der Waals surface area contributed by atoms with Gasteiger partial charge in [-0.05, 0) is 34.5 Å². The third kappa shape index (κ3) is 1.90. The highest BCUT2D eigenvalue weighted by atomic mass is 79.9. The number of hydrogen-bond donors (Lipinski definition) is 1. The van der Waals surface area contributed by atoms with E-state index in [1.807, 2.05) is 12.1 Å². The van der Waals surface area contributed by atoms with Crippen molar-refractivity contribution < 1.29 is 4.74 Å². The Balaban J connectivity index is 2.20. The van der Waals surface area contributed by atoms with Gasteiger partial charge in [0, 0.05) is 23.3 Å². The summed E-state index contributed by atoms with van der Waals surface area (Å²) in [5.41, 5.74) is 6.80. The number of aromatic nitrogens is 1. The van der Waals surface area contributed by atoms with Crippen LogP contribution in [0.4, 0.5) is 0 Å². The van der Waals surface area contributed by atoms with Crippen LogP contribution in [0.2, 0.25) is 0 Å². The van der Waals surface area contributed by atoms with Crippen molar-refractivity contribution in [3.05, 3.63) is 28.5 Å². The van der Waals surface area contributed by atoms with Gasteiger partial charge < -0.3 is 10.5 Å². The van der Waals surface area contributed by atoms with Crippen LogP contribution >= 0.6 is 15.9 Å². The van der Waals surface area contributed by atoms with Gasteiger partial charge in [-0.25, -0.2) is 0 Å². The number of pyridine rings is 1. The molecule has 1 aliphatic rings. The van der Waals surface area contributed by atoms with Gasteiger partial charge in [-0.15, -0.1) is 0 Å². The van der Waals surface area contributed by atoms with Crippen molar-refractivity contribution in [1.29, 1.82) is 0 Å². The molecule has 13 heavy (non-hydrogen) atoms. The van der Waals surface area contributed by atoms with Crippen molar-refractivity contribution in [3.8, 4) is 0 Å². The molecule has 0 amide bonds. The quantitative estimate of drug-likeness (QED) is 0.815. The topological polar surface area (TPSA) is 48.1 Å². The molecule has 1 saturated heterocycles. The number of rotatable bonds is 1. The van der Waals surface area contributed by atoms with Crippen molar-refractivity contribution in [3.63, 3.8) is 0 Å². The zero-order valence-electron chi connectivity index (χ0n) is 7.11. The number of nitrogens with zero attached hydrogens (tertiary/aromatic N) is 1. The molecule has 1 aromatic heterocycles. The number of nitrogens with two attached hydrogens (primary N) is 1. The fourth-order valence-corrected chi connectivity index (χ4v) is 1.70. The second-order valence-electron chi connectivity index (χ2n) is 3.15. The maximum absolute atomic E-state index is 5.87. The minimum absolute atomic E-state index is 0.0203. The van der Waals surface area contributed by atoms with Crippen molar-refractivity contribution >= 4 is 15.9 Å². The molecule has 4 heteroatoms. The first kappa shape index (κ1) is 9.12. The first-order chi connectivity index (χ1) is 6.27. The normalized spacial score (nSPS) is 27.8. The maximum Gasteiger partial charge on any atom is 0.114 e. The zero-order valence-corrected chi connectivity index (χ0v) is 8.70. The molecule has 2 rings (SSSR count). The summed E-state index contributed by atoms with van der Waals surface area (Å²) >= 11 is 3.33. The number of halogens is 1. The average molecular weight is 243 g/mol. The molecule has 70 valence electrons. The predicted molar refractivity (Wildman–Crippen MR) is 53.2 cm³/mol.